The summed E-state index contributed by atoms with van der Waals surface area (Å²) in [4.78, 5) is 41.8. The normalized spacial score (nSPS) is 9.33. The zero-order valence-corrected chi connectivity index (χ0v) is 26.0. The van der Waals surface area contributed by atoms with Crippen molar-refractivity contribution in [3.05, 3.63) is 117 Å². The van der Waals surface area contributed by atoms with Crippen LogP contribution in [0.4, 0.5) is 0 Å². The number of carbonyl (C=O) groups is 4. The number of aromatic carboxylic acids is 4. The molecule has 0 bridgehead atoms. The van der Waals surface area contributed by atoms with Gasteiger partial charge in [-0.2, -0.15) is 0 Å². The monoisotopic (exact) mass is 652 g/mol. The Morgan fingerprint density at radius 2 is 0.556 bits per heavy atom. The van der Waals surface area contributed by atoms with E-state index in [1.54, 1.807) is 76.2 Å². The maximum atomic E-state index is 10.9. The van der Waals surface area contributed by atoms with Crippen LogP contribution in [0.15, 0.2) is 72.8 Å². The molecule has 0 radical (unpaired) electrons. The minimum atomic E-state index is -1.16. The van der Waals surface area contributed by atoms with Crippen molar-refractivity contribution >= 4 is 23.9 Å². The Hall–Kier alpha value is -5.33. The number of aryl methyl sites for hydroxylation is 4. The smallest absolute Gasteiger partial charge is 0.872 e. The molecular weight excluding hydrogens is 624 g/mol. The SMILES string of the molecule is Cc1cccc([O-])c1C(=O)O.Cc1cccc([O-])c1C(=O)O.Cc1cccc([O-])c1C(=O)O.Cc1cccc([O-])c1C(=O)O.[Ti+4]. The Morgan fingerprint density at radius 3 is 0.644 bits per heavy atom. The molecule has 4 rings (SSSR count). The van der Waals surface area contributed by atoms with Crippen LogP contribution in [0.1, 0.15) is 63.7 Å². The van der Waals surface area contributed by atoms with Crippen LogP contribution in [-0.2, 0) is 21.7 Å². The third kappa shape index (κ3) is 11.7. The predicted octanol–water partition coefficient (Wildman–Crippen LogP) is 3.06. The molecule has 4 aromatic carbocycles. The van der Waals surface area contributed by atoms with E-state index in [0.29, 0.717) is 22.3 Å². The first kappa shape index (κ1) is 39.7. The van der Waals surface area contributed by atoms with E-state index < -0.39 is 46.9 Å². The summed E-state index contributed by atoms with van der Waals surface area (Å²) >= 11 is 0. The van der Waals surface area contributed by atoms with E-state index in [4.69, 9.17) is 20.4 Å². The maximum Gasteiger partial charge on any atom is 4.00 e. The van der Waals surface area contributed by atoms with Crippen LogP contribution in [0.25, 0.3) is 0 Å². The van der Waals surface area contributed by atoms with Crippen molar-refractivity contribution in [1.29, 1.82) is 0 Å². The van der Waals surface area contributed by atoms with Gasteiger partial charge in [0, 0.05) is 0 Å². The van der Waals surface area contributed by atoms with Gasteiger partial charge in [0.2, 0.25) is 0 Å². The van der Waals surface area contributed by atoms with Crippen LogP contribution < -0.4 is 20.4 Å². The zero-order valence-electron chi connectivity index (χ0n) is 24.5. The molecule has 0 spiro atoms. The Labute approximate surface area is 273 Å². The van der Waals surface area contributed by atoms with Gasteiger partial charge in [-0.3, -0.25) is 0 Å². The van der Waals surface area contributed by atoms with E-state index in [-0.39, 0.29) is 44.0 Å². The molecule has 0 aliphatic rings. The first-order valence-electron chi connectivity index (χ1n) is 12.5. The van der Waals surface area contributed by atoms with Gasteiger partial charge in [-0.1, -0.05) is 95.8 Å². The number of carboxylic acid groups (broad SMARTS) is 4. The van der Waals surface area contributed by atoms with Crippen molar-refractivity contribution in [3.8, 4) is 23.0 Å². The van der Waals surface area contributed by atoms with Gasteiger partial charge >= 0.3 is 45.6 Å². The molecule has 0 unspecified atom stereocenters. The van der Waals surface area contributed by atoms with Crippen LogP contribution in [0.2, 0.25) is 0 Å². The number of rotatable bonds is 4. The molecule has 0 aliphatic heterocycles. The largest absolute Gasteiger partial charge is 4.00 e. The molecule has 0 aromatic heterocycles. The molecule has 0 saturated heterocycles. The molecule has 232 valence electrons. The van der Waals surface area contributed by atoms with Gasteiger partial charge in [0.05, 0.1) is 22.3 Å². The van der Waals surface area contributed by atoms with Crippen molar-refractivity contribution in [2.75, 3.05) is 0 Å². The van der Waals surface area contributed by atoms with E-state index in [9.17, 15) is 39.6 Å². The predicted molar refractivity (Wildman–Crippen MR) is 150 cm³/mol. The Morgan fingerprint density at radius 1 is 0.400 bits per heavy atom. The van der Waals surface area contributed by atoms with Gasteiger partial charge in [0.1, 0.15) is 0 Å². The second-order valence-corrected chi connectivity index (χ2v) is 9.01. The van der Waals surface area contributed by atoms with E-state index in [1.165, 1.54) is 24.3 Å². The standard InChI is InChI=1S/4C8H8O3.Ti/c4*1-5-3-2-4-6(9)7(5)8(10)11;/h4*2-4,9H,1H3,(H,10,11);/q;;;;+4/p-4. The second kappa shape index (κ2) is 18.4. The van der Waals surface area contributed by atoms with Gasteiger partial charge in [-0.15, -0.1) is 0 Å². The van der Waals surface area contributed by atoms with Gasteiger partial charge in [0.15, 0.2) is 0 Å². The first-order chi connectivity index (χ1) is 20.5. The summed E-state index contributed by atoms with van der Waals surface area (Å²) in [6.07, 6.45) is 0. The zero-order chi connectivity index (χ0) is 33.7. The van der Waals surface area contributed by atoms with Crippen molar-refractivity contribution in [1.82, 2.24) is 0 Å². The molecule has 13 heteroatoms. The maximum absolute atomic E-state index is 10.9. The van der Waals surface area contributed by atoms with Crippen molar-refractivity contribution < 1.29 is 81.7 Å². The summed E-state index contributed by atoms with van der Waals surface area (Å²) in [7, 11) is 0. The first-order valence-corrected chi connectivity index (χ1v) is 12.5. The number of carboxylic acids is 4. The summed E-state index contributed by atoms with van der Waals surface area (Å²) in [6, 6.07) is 17.6. The summed E-state index contributed by atoms with van der Waals surface area (Å²) in [5.74, 6) is -6.37. The number of hydrogen-bond donors (Lipinski definition) is 4. The topological polar surface area (TPSA) is 241 Å². The second-order valence-electron chi connectivity index (χ2n) is 9.01. The number of benzene rings is 4. The fraction of sp³-hybridized carbons (Fsp3) is 0.125. The summed E-state index contributed by atoms with van der Waals surface area (Å²) in [5.41, 5.74) is 1.49. The minimum Gasteiger partial charge on any atom is -0.872 e. The Kier molecular flexibility index (Phi) is 16.2. The van der Waals surface area contributed by atoms with E-state index in [2.05, 4.69) is 0 Å². The van der Waals surface area contributed by atoms with E-state index >= 15 is 0 Å². The van der Waals surface area contributed by atoms with Crippen LogP contribution in [0, 0.1) is 27.7 Å². The van der Waals surface area contributed by atoms with Gasteiger partial charge in [-0.25, -0.2) is 19.2 Å². The Bertz CT molecular complexity index is 1340. The van der Waals surface area contributed by atoms with Crippen LogP contribution in [0.5, 0.6) is 23.0 Å². The molecule has 0 atom stereocenters. The average molecular weight is 652 g/mol. The Balaban J connectivity index is 0.000000569. The molecular formula is C32H28O12Ti. The van der Waals surface area contributed by atoms with Crippen LogP contribution >= 0.6 is 0 Å². The molecule has 4 N–H and O–H groups in total. The van der Waals surface area contributed by atoms with Gasteiger partial charge < -0.3 is 40.9 Å². The van der Waals surface area contributed by atoms with Crippen molar-refractivity contribution in [3.63, 3.8) is 0 Å². The molecule has 0 heterocycles. The van der Waals surface area contributed by atoms with Gasteiger partial charge in [-0.05, 0) is 49.9 Å². The summed E-state index contributed by atoms with van der Waals surface area (Å²) in [5, 5.41) is 77.8. The third-order valence-electron chi connectivity index (χ3n) is 5.79. The van der Waals surface area contributed by atoms with E-state index in [1.807, 2.05) is 0 Å². The molecule has 0 fully saturated rings. The molecule has 0 aliphatic carbocycles. The average Bonchev–Trinajstić information content (AvgIpc) is 2.89. The molecule has 45 heavy (non-hydrogen) atoms. The molecule has 4 aromatic rings. The van der Waals surface area contributed by atoms with Crippen molar-refractivity contribution in [2.24, 2.45) is 0 Å². The minimum absolute atomic E-state index is 0. The molecule has 0 amide bonds. The van der Waals surface area contributed by atoms with E-state index in [0.717, 1.165) is 0 Å². The number of hydrogen-bond acceptors (Lipinski definition) is 8. The van der Waals surface area contributed by atoms with Crippen molar-refractivity contribution in [2.45, 2.75) is 27.7 Å². The third-order valence-corrected chi connectivity index (χ3v) is 5.79. The fourth-order valence-corrected chi connectivity index (χ4v) is 3.66. The quantitative estimate of drug-likeness (QED) is 0.233. The van der Waals surface area contributed by atoms with Crippen LogP contribution in [0.3, 0.4) is 0 Å². The van der Waals surface area contributed by atoms with Gasteiger partial charge in [0.25, 0.3) is 0 Å². The fourth-order valence-electron chi connectivity index (χ4n) is 3.66. The molecule has 0 saturated carbocycles. The summed E-state index contributed by atoms with van der Waals surface area (Å²) < 4.78 is 0. The van der Waals surface area contributed by atoms with Crippen LogP contribution in [-0.4, -0.2) is 44.3 Å². The molecule has 12 nitrogen and oxygen atoms in total. The summed E-state index contributed by atoms with van der Waals surface area (Å²) in [6.45, 7) is 6.41.